The summed E-state index contributed by atoms with van der Waals surface area (Å²) in [7, 11) is 1.53. The number of hydrogen-bond acceptors (Lipinski definition) is 8. The molecule has 2 unspecified atom stereocenters. The van der Waals surface area contributed by atoms with E-state index in [2.05, 4.69) is 13.8 Å². The van der Waals surface area contributed by atoms with E-state index in [-0.39, 0.29) is 18.9 Å². The molecule has 2 aromatic heterocycles. The monoisotopic (exact) mass is 561 g/mol. The van der Waals surface area contributed by atoms with Crippen molar-refractivity contribution in [3.8, 4) is 22.2 Å². The highest BCUT2D eigenvalue weighted by Gasteiger charge is 2.52. The Hall–Kier alpha value is -3.11. The van der Waals surface area contributed by atoms with Crippen molar-refractivity contribution in [2.75, 3.05) is 13.7 Å². The van der Waals surface area contributed by atoms with E-state index >= 15 is 0 Å². The molecule has 3 heterocycles. The topological polar surface area (TPSA) is 111 Å². The molecule has 0 saturated carbocycles. The van der Waals surface area contributed by atoms with E-state index in [9.17, 15) is 14.7 Å². The van der Waals surface area contributed by atoms with Gasteiger partial charge in [-0.05, 0) is 45.7 Å². The van der Waals surface area contributed by atoms with Crippen LogP contribution in [0.25, 0.3) is 21.6 Å². The van der Waals surface area contributed by atoms with Crippen molar-refractivity contribution >= 4 is 45.9 Å². The Labute approximate surface area is 230 Å². The van der Waals surface area contributed by atoms with Gasteiger partial charge in [-0.25, -0.2) is 19.6 Å². The van der Waals surface area contributed by atoms with Crippen LogP contribution >= 0.6 is 22.9 Å². The first-order valence-electron chi connectivity index (χ1n) is 12.3. The first-order valence-corrected chi connectivity index (χ1v) is 13.5. The molecule has 1 N–H and O–H groups in total. The molecule has 0 spiro atoms. The Morgan fingerprint density at radius 1 is 1.24 bits per heavy atom. The lowest BCUT2D eigenvalue weighted by molar-refractivity contribution is -0.148. The minimum Gasteiger partial charge on any atom is -0.495 e. The van der Waals surface area contributed by atoms with Crippen molar-refractivity contribution < 1.29 is 28.9 Å². The van der Waals surface area contributed by atoms with E-state index in [0.717, 1.165) is 5.69 Å². The number of hydrogen-bond donors (Lipinski definition) is 1. The van der Waals surface area contributed by atoms with Crippen LogP contribution in [0.5, 0.6) is 11.5 Å². The molecule has 0 aliphatic carbocycles. The van der Waals surface area contributed by atoms with Gasteiger partial charge in [0.2, 0.25) is 0 Å². The molecule has 0 bridgehead atoms. The maximum Gasteiger partial charge on any atom is 0.411 e. The van der Waals surface area contributed by atoms with Gasteiger partial charge in [-0.3, -0.25) is 4.90 Å². The van der Waals surface area contributed by atoms with Crippen molar-refractivity contribution in [3.05, 3.63) is 34.3 Å². The Bertz CT molecular complexity index is 1390. The SMILES string of the molecule is COc1ccc2c(OC3CN(C(=O)OC(C)(C)C)C(C)(C(=O)O)C3)cc(-c3nc(C(C)C)cs3)nc2c1Cl. The molecular weight excluding hydrogens is 530 g/mol. The van der Waals surface area contributed by atoms with Gasteiger partial charge in [0.05, 0.1) is 24.9 Å². The normalized spacial score (nSPS) is 19.7. The first kappa shape index (κ1) is 27.9. The van der Waals surface area contributed by atoms with Crippen LogP contribution in [0.1, 0.15) is 59.6 Å². The fourth-order valence-electron chi connectivity index (χ4n) is 4.32. The highest BCUT2D eigenvalue weighted by Crippen LogP contribution is 2.41. The average Bonchev–Trinajstić information content (AvgIpc) is 3.44. The van der Waals surface area contributed by atoms with E-state index in [0.29, 0.717) is 38.1 Å². The molecule has 2 atom stereocenters. The van der Waals surface area contributed by atoms with Crippen molar-refractivity contribution in [3.63, 3.8) is 0 Å². The van der Waals surface area contributed by atoms with Crippen LogP contribution in [-0.2, 0) is 9.53 Å². The molecule has 9 nitrogen and oxygen atoms in total. The number of aromatic nitrogens is 2. The second kappa shape index (κ2) is 10.2. The lowest BCUT2D eigenvalue weighted by atomic mass is 9.98. The molecule has 3 aromatic rings. The average molecular weight is 562 g/mol. The number of nitrogens with zero attached hydrogens (tertiary/aromatic N) is 3. The number of rotatable bonds is 6. The Morgan fingerprint density at radius 3 is 2.53 bits per heavy atom. The van der Waals surface area contributed by atoms with E-state index in [1.807, 2.05) is 5.38 Å². The maximum atomic E-state index is 12.9. The predicted octanol–water partition coefficient (Wildman–Crippen LogP) is 6.38. The summed E-state index contributed by atoms with van der Waals surface area (Å²) < 4.78 is 17.3. The van der Waals surface area contributed by atoms with E-state index in [4.69, 9.17) is 35.8 Å². The van der Waals surface area contributed by atoms with Gasteiger partial charge in [-0.15, -0.1) is 11.3 Å². The molecule has 1 amide bonds. The zero-order valence-corrected chi connectivity index (χ0v) is 24.1. The fourth-order valence-corrected chi connectivity index (χ4v) is 5.54. The van der Waals surface area contributed by atoms with Gasteiger partial charge in [-0.2, -0.15) is 0 Å². The van der Waals surface area contributed by atoms with Crippen LogP contribution in [0.3, 0.4) is 0 Å². The largest absolute Gasteiger partial charge is 0.495 e. The third kappa shape index (κ3) is 5.37. The summed E-state index contributed by atoms with van der Waals surface area (Å²) in [5.41, 5.74) is -0.275. The summed E-state index contributed by atoms with van der Waals surface area (Å²) in [6, 6.07) is 5.30. The van der Waals surface area contributed by atoms with E-state index in [1.165, 1.54) is 30.3 Å². The van der Waals surface area contributed by atoms with Crippen LogP contribution < -0.4 is 9.47 Å². The number of carbonyl (C=O) groups is 2. The molecule has 4 rings (SSSR count). The third-order valence-corrected chi connectivity index (χ3v) is 7.62. The number of thiazole rings is 1. The van der Waals surface area contributed by atoms with Crippen molar-refractivity contribution in [1.29, 1.82) is 0 Å². The van der Waals surface area contributed by atoms with E-state index < -0.39 is 29.3 Å². The number of halogens is 1. The molecule has 1 fully saturated rings. The van der Waals surface area contributed by atoms with Gasteiger partial charge in [0, 0.05) is 23.3 Å². The molecule has 0 radical (unpaired) electrons. The quantitative estimate of drug-likeness (QED) is 0.369. The molecule has 1 saturated heterocycles. The number of methoxy groups -OCH3 is 1. The third-order valence-electron chi connectivity index (χ3n) is 6.37. The minimum atomic E-state index is -1.50. The predicted molar refractivity (Wildman–Crippen MR) is 147 cm³/mol. The summed E-state index contributed by atoms with van der Waals surface area (Å²) in [5.74, 6) is 0.0456. The zero-order valence-electron chi connectivity index (χ0n) is 22.5. The highest BCUT2D eigenvalue weighted by atomic mass is 35.5. The van der Waals surface area contributed by atoms with Gasteiger partial charge < -0.3 is 19.3 Å². The number of benzene rings is 1. The van der Waals surface area contributed by atoms with Crippen LogP contribution in [0.4, 0.5) is 4.79 Å². The lowest BCUT2D eigenvalue weighted by Crippen LogP contribution is -2.52. The molecule has 1 aliphatic rings. The molecule has 1 aliphatic heterocycles. The summed E-state index contributed by atoms with van der Waals surface area (Å²) in [6.07, 6.45) is -1.25. The van der Waals surface area contributed by atoms with Crippen molar-refractivity contribution in [1.82, 2.24) is 14.9 Å². The van der Waals surface area contributed by atoms with Gasteiger partial charge >= 0.3 is 12.1 Å². The van der Waals surface area contributed by atoms with Crippen LogP contribution in [0.15, 0.2) is 23.6 Å². The first-order chi connectivity index (χ1) is 17.7. The maximum absolute atomic E-state index is 12.9. The molecular formula is C27H32ClN3O6S. The molecule has 11 heteroatoms. The molecule has 1 aromatic carbocycles. The van der Waals surface area contributed by atoms with Gasteiger partial charge in [0.1, 0.15) is 44.5 Å². The number of carbonyl (C=O) groups excluding carboxylic acids is 1. The standard InChI is InChI=1S/C27H32ClN3O6S/c1-14(2)18-13-38-23(30-18)17-10-20(16-8-9-19(35-7)21(28)22(16)29-17)36-15-11-27(6,24(32)33)31(12-15)25(34)37-26(3,4)5/h8-10,13-15H,11-12H2,1-7H3,(H,32,33). The highest BCUT2D eigenvalue weighted by molar-refractivity contribution is 7.13. The smallest absolute Gasteiger partial charge is 0.411 e. The van der Waals surface area contributed by atoms with Crippen LogP contribution in [0, 0.1) is 0 Å². The number of fused-ring (bicyclic) bond motifs is 1. The Morgan fingerprint density at radius 2 is 1.95 bits per heavy atom. The van der Waals surface area contributed by atoms with Crippen LogP contribution in [0.2, 0.25) is 5.02 Å². The summed E-state index contributed by atoms with van der Waals surface area (Å²) in [4.78, 5) is 35.9. The fraction of sp³-hybridized carbons (Fsp3) is 0.481. The second-order valence-electron chi connectivity index (χ2n) is 10.8. The van der Waals surface area contributed by atoms with Crippen molar-refractivity contribution in [2.45, 2.75) is 71.1 Å². The van der Waals surface area contributed by atoms with Gasteiger partial charge in [0.15, 0.2) is 0 Å². The van der Waals surface area contributed by atoms with E-state index in [1.54, 1.807) is 39.0 Å². The zero-order chi connectivity index (χ0) is 28.0. The number of likely N-dealkylation sites (tertiary alicyclic amines) is 1. The van der Waals surface area contributed by atoms with Crippen LogP contribution in [-0.4, -0.2) is 62.9 Å². The summed E-state index contributed by atoms with van der Waals surface area (Å²) >= 11 is 8.12. The number of carboxylic acids is 1. The number of amides is 1. The second-order valence-corrected chi connectivity index (χ2v) is 12.1. The molecule has 38 heavy (non-hydrogen) atoms. The number of aliphatic carboxylic acids is 1. The Kier molecular flexibility index (Phi) is 7.51. The summed E-state index contributed by atoms with van der Waals surface area (Å²) in [5, 5.41) is 13.7. The number of pyridine rings is 1. The summed E-state index contributed by atoms with van der Waals surface area (Å²) in [6.45, 7) is 10.9. The van der Waals surface area contributed by atoms with Crippen molar-refractivity contribution in [2.24, 2.45) is 0 Å². The van der Waals surface area contributed by atoms with Gasteiger partial charge in [0.25, 0.3) is 0 Å². The Balaban J connectivity index is 1.76. The van der Waals surface area contributed by atoms with Gasteiger partial charge in [-0.1, -0.05) is 25.4 Å². The minimum absolute atomic E-state index is 0.0372. The molecule has 204 valence electrons. The lowest BCUT2D eigenvalue weighted by Gasteiger charge is -2.32. The number of carboxylic acid groups (broad SMARTS) is 1. The number of ether oxygens (including phenoxy) is 3.